The van der Waals surface area contributed by atoms with E-state index in [9.17, 15) is 9.18 Å². The SMILES string of the molecule is O=C(NCc1cccc2c1OCCO2)c1nc(-c2cccs2)n(-c2ccc(F)cc2)n1. The van der Waals surface area contributed by atoms with Crippen LogP contribution in [0, 0.1) is 5.82 Å². The molecule has 0 saturated carbocycles. The van der Waals surface area contributed by atoms with Crippen molar-refractivity contribution in [3.63, 3.8) is 0 Å². The Bertz CT molecular complexity index is 1220. The number of nitrogens with zero attached hydrogens (tertiary/aromatic N) is 3. The molecule has 1 N–H and O–H groups in total. The Balaban J connectivity index is 1.42. The van der Waals surface area contributed by atoms with Gasteiger partial charge in [0.05, 0.1) is 10.6 Å². The third-order valence-electron chi connectivity index (χ3n) is 4.71. The monoisotopic (exact) mass is 436 g/mol. The van der Waals surface area contributed by atoms with Crippen molar-refractivity contribution in [2.45, 2.75) is 6.54 Å². The third kappa shape index (κ3) is 3.87. The smallest absolute Gasteiger partial charge is 0.291 e. The first-order chi connectivity index (χ1) is 15.2. The van der Waals surface area contributed by atoms with Crippen LogP contribution in [0.5, 0.6) is 11.5 Å². The Morgan fingerprint density at radius 1 is 1.10 bits per heavy atom. The number of halogens is 1. The van der Waals surface area contributed by atoms with E-state index < -0.39 is 5.91 Å². The van der Waals surface area contributed by atoms with Gasteiger partial charge in [0.15, 0.2) is 17.3 Å². The van der Waals surface area contributed by atoms with Gasteiger partial charge in [0.25, 0.3) is 5.91 Å². The lowest BCUT2D eigenvalue weighted by molar-refractivity contribution is 0.0939. The molecule has 3 heterocycles. The molecule has 0 radical (unpaired) electrons. The van der Waals surface area contributed by atoms with Crippen molar-refractivity contribution < 1.29 is 18.7 Å². The van der Waals surface area contributed by atoms with Gasteiger partial charge < -0.3 is 14.8 Å². The highest BCUT2D eigenvalue weighted by Gasteiger charge is 2.21. The van der Waals surface area contributed by atoms with Crippen LogP contribution < -0.4 is 14.8 Å². The van der Waals surface area contributed by atoms with E-state index in [2.05, 4.69) is 15.4 Å². The van der Waals surface area contributed by atoms with Gasteiger partial charge in [-0.15, -0.1) is 16.4 Å². The molecule has 0 spiro atoms. The van der Waals surface area contributed by atoms with Crippen LogP contribution in [-0.4, -0.2) is 33.9 Å². The van der Waals surface area contributed by atoms with Crippen molar-refractivity contribution in [1.82, 2.24) is 20.1 Å². The van der Waals surface area contributed by atoms with E-state index in [1.54, 1.807) is 16.8 Å². The van der Waals surface area contributed by atoms with Gasteiger partial charge in [-0.3, -0.25) is 4.79 Å². The molecule has 156 valence electrons. The van der Waals surface area contributed by atoms with Crippen molar-refractivity contribution in [2.24, 2.45) is 0 Å². The number of nitrogens with one attached hydrogen (secondary N) is 1. The lowest BCUT2D eigenvalue weighted by Gasteiger charge is -2.20. The number of thiophene rings is 1. The summed E-state index contributed by atoms with van der Waals surface area (Å²) in [6, 6.07) is 15.2. The Morgan fingerprint density at radius 3 is 2.74 bits per heavy atom. The van der Waals surface area contributed by atoms with Crippen molar-refractivity contribution in [2.75, 3.05) is 13.2 Å². The minimum Gasteiger partial charge on any atom is -0.486 e. The van der Waals surface area contributed by atoms with Crippen molar-refractivity contribution in [3.8, 4) is 27.9 Å². The van der Waals surface area contributed by atoms with Gasteiger partial charge in [-0.2, -0.15) is 0 Å². The summed E-state index contributed by atoms with van der Waals surface area (Å²) < 4.78 is 26.2. The fraction of sp³-hybridized carbons (Fsp3) is 0.136. The second-order valence-corrected chi connectivity index (χ2v) is 7.70. The molecule has 2 aromatic carbocycles. The standard InChI is InChI=1S/C22H17FN4O3S/c23-15-6-8-16(9-7-15)27-21(18-5-2-12-31-18)25-20(26-27)22(28)24-13-14-3-1-4-17-19(14)30-11-10-29-17/h1-9,12H,10-11,13H2,(H,24,28). The molecule has 0 aliphatic carbocycles. The molecule has 1 amide bonds. The van der Waals surface area contributed by atoms with Crippen LogP contribution >= 0.6 is 11.3 Å². The summed E-state index contributed by atoms with van der Waals surface area (Å²) in [5.74, 6) is 1.06. The fourth-order valence-electron chi connectivity index (χ4n) is 3.26. The zero-order valence-electron chi connectivity index (χ0n) is 16.2. The maximum absolute atomic E-state index is 13.4. The number of benzene rings is 2. The highest BCUT2D eigenvalue weighted by atomic mass is 32.1. The van der Waals surface area contributed by atoms with Gasteiger partial charge in [0.1, 0.15) is 19.0 Å². The topological polar surface area (TPSA) is 78.3 Å². The average Bonchev–Trinajstić information content (AvgIpc) is 3.48. The molecule has 4 aromatic rings. The molecule has 5 rings (SSSR count). The van der Waals surface area contributed by atoms with Crippen LogP contribution in [0.25, 0.3) is 16.4 Å². The van der Waals surface area contributed by atoms with Gasteiger partial charge in [-0.1, -0.05) is 18.2 Å². The van der Waals surface area contributed by atoms with Crippen molar-refractivity contribution >= 4 is 17.2 Å². The number of hydrogen-bond acceptors (Lipinski definition) is 6. The third-order valence-corrected chi connectivity index (χ3v) is 5.58. The predicted octanol–water partition coefficient (Wildman–Crippen LogP) is 3.84. The molecule has 1 aliphatic heterocycles. The number of amides is 1. The van der Waals surface area contributed by atoms with Gasteiger partial charge >= 0.3 is 0 Å². The Kier molecular flexibility index (Phi) is 5.09. The van der Waals surface area contributed by atoms with E-state index >= 15 is 0 Å². The van der Waals surface area contributed by atoms with Gasteiger partial charge in [-0.25, -0.2) is 14.1 Å². The maximum atomic E-state index is 13.4. The molecule has 1 aliphatic rings. The summed E-state index contributed by atoms with van der Waals surface area (Å²) in [6.45, 7) is 1.20. The van der Waals surface area contributed by atoms with E-state index in [1.165, 1.54) is 23.5 Å². The normalized spacial score (nSPS) is 12.5. The van der Waals surface area contributed by atoms with Crippen LogP contribution in [0.4, 0.5) is 4.39 Å². The summed E-state index contributed by atoms with van der Waals surface area (Å²) in [5.41, 5.74) is 1.42. The van der Waals surface area contributed by atoms with E-state index in [4.69, 9.17) is 9.47 Å². The average molecular weight is 436 g/mol. The molecule has 2 aromatic heterocycles. The Labute approximate surface area is 181 Å². The van der Waals surface area contributed by atoms with E-state index in [-0.39, 0.29) is 18.2 Å². The van der Waals surface area contributed by atoms with Gasteiger partial charge in [0.2, 0.25) is 5.82 Å². The van der Waals surface area contributed by atoms with Crippen molar-refractivity contribution in [3.05, 3.63) is 77.2 Å². The number of rotatable bonds is 5. The lowest BCUT2D eigenvalue weighted by Crippen LogP contribution is -2.25. The first kappa shape index (κ1) is 19.3. The Morgan fingerprint density at radius 2 is 1.94 bits per heavy atom. The number of carbonyl (C=O) groups is 1. The molecular formula is C22H17FN4O3S. The molecule has 9 heteroatoms. The number of para-hydroxylation sites is 1. The van der Waals surface area contributed by atoms with Gasteiger partial charge in [0, 0.05) is 12.1 Å². The molecule has 0 bridgehead atoms. The molecule has 0 atom stereocenters. The lowest BCUT2D eigenvalue weighted by atomic mass is 10.1. The molecule has 7 nitrogen and oxygen atoms in total. The number of aromatic nitrogens is 3. The molecular weight excluding hydrogens is 419 g/mol. The summed E-state index contributed by atoms with van der Waals surface area (Å²) in [4.78, 5) is 18.1. The van der Waals surface area contributed by atoms with Crippen LogP contribution in [0.3, 0.4) is 0 Å². The second kappa shape index (κ2) is 8.19. The van der Waals surface area contributed by atoms with Crippen LogP contribution in [0.1, 0.15) is 16.2 Å². The molecule has 31 heavy (non-hydrogen) atoms. The molecule has 0 saturated heterocycles. The minimum absolute atomic E-state index is 0.0229. The number of carbonyl (C=O) groups excluding carboxylic acids is 1. The largest absolute Gasteiger partial charge is 0.486 e. The summed E-state index contributed by atoms with van der Waals surface area (Å²) in [6.07, 6.45) is 0. The molecule has 0 fully saturated rings. The maximum Gasteiger partial charge on any atom is 0.291 e. The van der Waals surface area contributed by atoms with Crippen LogP contribution in [0.2, 0.25) is 0 Å². The number of ether oxygens (including phenoxy) is 2. The van der Waals surface area contributed by atoms with Crippen LogP contribution in [0.15, 0.2) is 60.0 Å². The summed E-state index contributed by atoms with van der Waals surface area (Å²) in [5, 5.41) is 9.15. The minimum atomic E-state index is -0.423. The quantitative estimate of drug-likeness (QED) is 0.514. The van der Waals surface area contributed by atoms with E-state index in [1.807, 2.05) is 35.7 Å². The van der Waals surface area contributed by atoms with Crippen LogP contribution in [-0.2, 0) is 6.54 Å². The van der Waals surface area contributed by atoms with E-state index in [0.717, 1.165) is 10.4 Å². The predicted molar refractivity (Wildman–Crippen MR) is 113 cm³/mol. The Hall–Kier alpha value is -3.72. The van der Waals surface area contributed by atoms with E-state index in [0.29, 0.717) is 36.2 Å². The highest BCUT2D eigenvalue weighted by Crippen LogP contribution is 2.33. The first-order valence-corrected chi connectivity index (χ1v) is 10.5. The van der Waals surface area contributed by atoms with Gasteiger partial charge in [-0.05, 0) is 41.8 Å². The zero-order valence-corrected chi connectivity index (χ0v) is 17.1. The highest BCUT2D eigenvalue weighted by molar-refractivity contribution is 7.13. The zero-order chi connectivity index (χ0) is 21.2. The summed E-state index contributed by atoms with van der Waals surface area (Å²) in [7, 11) is 0. The number of fused-ring (bicyclic) bond motifs is 1. The summed E-state index contributed by atoms with van der Waals surface area (Å²) >= 11 is 1.48. The first-order valence-electron chi connectivity index (χ1n) is 9.61. The number of hydrogen-bond donors (Lipinski definition) is 1. The second-order valence-electron chi connectivity index (χ2n) is 6.75. The van der Waals surface area contributed by atoms with Crippen molar-refractivity contribution in [1.29, 1.82) is 0 Å². The fourth-order valence-corrected chi connectivity index (χ4v) is 3.96. The molecule has 0 unspecified atom stereocenters.